The maximum atomic E-state index is 13.7. The molecule has 104 valence electrons. The minimum Gasteiger partial charge on any atom is -0.494 e. The van der Waals surface area contributed by atoms with E-state index >= 15 is 0 Å². The average molecular weight is 292 g/mol. The third-order valence-corrected chi connectivity index (χ3v) is 3.96. The summed E-state index contributed by atoms with van der Waals surface area (Å²) in [4.78, 5) is 8.58. The van der Waals surface area contributed by atoms with Gasteiger partial charge in [-0.05, 0) is 6.92 Å². The van der Waals surface area contributed by atoms with E-state index in [4.69, 9.17) is 10.5 Å². The Hall–Kier alpha value is -2.15. The molecule has 0 amide bonds. The lowest BCUT2D eigenvalue weighted by atomic mass is 10.3. The maximum absolute atomic E-state index is 13.7. The smallest absolute Gasteiger partial charge is 0.201 e. The third kappa shape index (κ3) is 2.09. The maximum Gasteiger partial charge on any atom is 0.201 e. The van der Waals surface area contributed by atoms with Crippen LogP contribution in [-0.2, 0) is 6.54 Å². The lowest BCUT2D eigenvalue weighted by Crippen LogP contribution is -2.04. The molecule has 0 fully saturated rings. The summed E-state index contributed by atoms with van der Waals surface area (Å²) >= 11 is 1.56. The van der Waals surface area contributed by atoms with E-state index in [1.807, 2.05) is 12.3 Å². The second-order valence-electron chi connectivity index (χ2n) is 4.41. The van der Waals surface area contributed by atoms with Gasteiger partial charge in [0.25, 0.3) is 0 Å². The monoisotopic (exact) mass is 292 g/mol. The van der Waals surface area contributed by atoms with Crippen LogP contribution in [0, 0.1) is 12.7 Å². The fourth-order valence-electron chi connectivity index (χ4n) is 2.08. The molecule has 1 aromatic carbocycles. The predicted octanol–water partition coefficient (Wildman–Crippen LogP) is 2.58. The zero-order valence-corrected chi connectivity index (χ0v) is 11.9. The minimum absolute atomic E-state index is 0.175. The first-order valence-corrected chi connectivity index (χ1v) is 6.86. The molecule has 2 N–H and O–H groups in total. The largest absolute Gasteiger partial charge is 0.494 e. The zero-order chi connectivity index (χ0) is 14.3. The number of aryl methyl sites for hydroxylation is 1. The Morgan fingerprint density at radius 1 is 1.40 bits per heavy atom. The van der Waals surface area contributed by atoms with Gasteiger partial charge in [-0.3, -0.25) is 0 Å². The van der Waals surface area contributed by atoms with E-state index < -0.39 is 5.82 Å². The summed E-state index contributed by atoms with van der Waals surface area (Å²) in [5.74, 6) is 0.0595. The summed E-state index contributed by atoms with van der Waals surface area (Å²) in [5.41, 5.74) is 8.12. The van der Waals surface area contributed by atoms with Gasteiger partial charge >= 0.3 is 0 Å². The van der Waals surface area contributed by atoms with Gasteiger partial charge in [0.15, 0.2) is 11.6 Å². The van der Waals surface area contributed by atoms with Crippen molar-refractivity contribution in [1.29, 1.82) is 0 Å². The number of aromatic nitrogens is 3. The number of fused-ring (bicyclic) bond motifs is 1. The molecule has 0 bridgehead atoms. The van der Waals surface area contributed by atoms with Crippen molar-refractivity contribution in [3.05, 3.63) is 34.0 Å². The molecule has 0 aliphatic rings. The highest BCUT2D eigenvalue weighted by atomic mass is 32.1. The SMILES string of the molecule is COc1cc2c(cc1F)nc(N)n2Cc1nc(C)cs1. The van der Waals surface area contributed by atoms with E-state index in [0.717, 1.165) is 16.2 Å². The predicted molar refractivity (Wildman–Crippen MR) is 76.6 cm³/mol. The second kappa shape index (κ2) is 4.75. The molecule has 3 aromatic rings. The number of benzene rings is 1. The Labute approximate surface area is 118 Å². The van der Waals surface area contributed by atoms with E-state index in [1.54, 1.807) is 22.0 Å². The number of hydrogen-bond acceptors (Lipinski definition) is 5. The Morgan fingerprint density at radius 3 is 2.85 bits per heavy atom. The molecule has 2 heterocycles. The summed E-state index contributed by atoms with van der Waals surface area (Å²) in [7, 11) is 1.43. The van der Waals surface area contributed by atoms with Gasteiger partial charge in [-0.1, -0.05) is 0 Å². The fraction of sp³-hybridized carbons (Fsp3) is 0.231. The molecule has 7 heteroatoms. The molecule has 0 saturated heterocycles. The molecule has 0 saturated carbocycles. The number of nitrogen functional groups attached to an aromatic ring is 1. The van der Waals surface area contributed by atoms with E-state index in [9.17, 15) is 4.39 Å². The van der Waals surface area contributed by atoms with Crippen LogP contribution in [0.5, 0.6) is 5.75 Å². The van der Waals surface area contributed by atoms with E-state index in [-0.39, 0.29) is 5.75 Å². The zero-order valence-electron chi connectivity index (χ0n) is 11.1. The number of rotatable bonds is 3. The highest BCUT2D eigenvalue weighted by Crippen LogP contribution is 2.27. The van der Waals surface area contributed by atoms with Crippen LogP contribution in [0.3, 0.4) is 0 Å². The summed E-state index contributed by atoms with van der Waals surface area (Å²) in [5, 5.41) is 2.90. The van der Waals surface area contributed by atoms with Crippen LogP contribution < -0.4 is 10.5 Å². The number of ether oxygens (including phenoxy) is 1. The molecule has 0 spiro atoms. The molecule has 3 rings (SSSR count). The number of methoxy groups -OCH3 is 1. The summed E-state index contributed by atoms with van der Waals surface area (Å²) in [6, 6.07) is 2.93. The highest BCUT2D eigenvalue weighted by Gasteiger charge is 2.14. The van der Waals surface area contributed by atoms with E-state index in [0.29, 0.717) is 18.0 Å². The minimum atomic E-state index is -0.449. The van der Waals surface area contributed by atoms with Crippen molar-refractivity contribution >= 4 is 28.3 Å². The molecular weight excluding hydrogens is 279 g/mol. The van der Waals surface area contributed by atoms with Crippen LogP contribution >= 0.6 is 11.3 Å². The number of thiazole rings is 1. The van der Waals surface area contributed by atoms with Gasteiger partial charge in [0.2, 0.25) is 5.95 Å². The number of anilines is 1. The summed E-state index contributed by atoms with van der Waals surface area (Å²) < 4.78 is 20.5. The van der Waals surface area contributed by atoms with Crippen molar-refractivity contribution in [2.24, 2.45) is 0 Å². The molecular formula is C13H13FN4OS. The van der Waals surface area contributed by atoms with Crippen molar-refractivity contribution in [2.75, 3.05) is 12.8 Å². The van der Waals surface area contributed by atoms with Crippen LogP contribution in [0.1, 0.15) is 10.7 Å². The lowest BCUT2D eigenvalue weighted by Gasteiger charge is -2.06. The van der Waals surface area contributed by atoms with Gasteiger partial charge in [-0.2, -0.15) is 0 Å². The van der Waals surface area contributed by atoms with Gasteiger partial charge in [-0.25, -0.2) is 14.4 Å². The Bertz CT molecular complexity index is 780. The van der Waals surface area contributed by atoms with Crippen LogP contribution in [0.15, 0.2) is 17.5 Å². The van der Waals surface area contributed by atoms with Gasteiger partial charge in [0.1, 0.15) is 5.01 Å². The number of hydrogen-bond donors (Lipinski definition) is 1. The second-order valence-corrected chi connectivity index (χ2v) is 5.36. The lowest BCUT2D eigenvalue weighted by molar-refractivity contribution is 0.387. The molecule has 0 unspecified atom stereocenters. The summed E-state index contributed by atoms with van der Waals surface area (Å²) in [6.07, 6.45) is 0. The fourth-order valence-corrected chi connectivity index (χ4v) is 2.84. The van der Waals surface area contributed by atoms with Gasteiger partial charge in [0.05, 0.1) is 24.7 Å². The van der Waals surface area contributed by atoms with E-state index in [1.165, 1.54) is 13.2 Å². The van der Waals surface area contributed by atoms with Crippen molar-refractivity contribution in [3.8, 4) is 5.75 Å². The number of nitrogens with zero attached hydrogens (tertiary/aromatic N) is 3. The standard InChI is InChI=1S/C13H13FN4OS/c1-7-6-20-12(16-7)5-18-10-4-11(19-2)8(14)3-9(10)17-13(18)15/h3-4,6H,5H2,1-2H3,(H2,15,17). The van der Waals surface area contributed by atoms with Crippen molar-refractivity contribution in [2.45, 2.75) is 13.5 Å². The topological polar surface area (TPSA) is 66.0 Å². The first kappa shape index (κ1) is 12.9. The average Bonchev–Trinajstić information content (AvgIpc) is 2.94. The third-order valence-electron chi connectivity index (χ3n) is 3.01. The highest BCUT2D eigenvalue weighted by molar-refractivity contribution is 7.09. The molecule has 0 atom stereocenters. The Morgan fingerprint density at radius 2 is 2.20 bits per heavy atom. The van der Waals surface area contributed by atoms with Gasteiger partial charge in [0, 0.05) is 23.2 Å². The van der Waals surface area contributed by atoms with Gasteiger partial charge in [-0.15, -0.1) is 11.3 Å². The first-order valence-electron chi connectivity index (χ1n) is 5.98. The molecule has 0 radical (unpaired) electrons. The molecule has 0 aliphatic heterocycles. The van der Waals surface area contributed by atoms with E-state index in [2.05, 4.69) is 9.97 Å². The molecule has 20 heavy (non-hydrogen) atoms. The van der Waals surface area contributed by atoms with Crippen molar-refractivity contribution < 1.29 is 9.13 Å². The van der Waals surface area contributed by atoms with Crippen molar-refractivity contribution in [1.82, 2.24) is 14.5 Å². The molecule has 5 nitrogen and oxygen atoms in total. The van der Waals surface area contributed by atoms with Crippen LogP contribution in [-0.4, -0.2) is 21.6 Å². The Kier molecular flexibility index (Phi) is 3.06. The van der Waals surface area contributed by atoms with Crippen LogP contribution in [0.25, 0.3) is 11.0 Å². The molecule has 2 aromatic heterocycles. The number of imidazole rings is 1. The Balaban J connectivity index is 2.11. The van der Waals surface area contributed by atoms with Crippen molar-refractivity contribution in [3.63, 3.8) is 0 Å². The van der Waals surface area contributed by atoms with Crippen LogP contribution in [0.4, 0.5) is 10.3 Å². The van der Waals surface area contributed by atoms with Crippen LogP contribution in [0.2, 0.25) is 0 Å². The normalized spacial score (nSPS) is 11.2. The number of nitrogens with two attached hydrogens (primary N) is 1. The summed E-state index contributed by atoms with van der Waals surface area (Å²) in [6.45, 7) is 2.45. The number of halogens is 1. The quantitative estimate of drug-likeness (QED) is 0.805. The first-order chi connectivity index (χ1) is 9.58. The van der Waals surface area contributed by atoms with Gasteiger partial charge < -0.3 is 15.0 Å². The molecule has 0 aliphatic carbocycles.